The first-order valence-electron chi connectivity index (χ1n) is 6.27. The standard InChI is InChI=1S/C16H13F3O2/c1-11-6-8-12(9-7-11)10-21-14-5-3-2-4-13(14)15(20)16(17,18)19/h2-9H,10H2,1H3. The summed E-state index contributed by atoms with van der Waals surface area (Å²) in [6, 6.07) is 12.8. The van der Waals surface area contributed by atoms with Crippen LogP contribution >= 0.6 is 0 Å². The summed E-state index contributed by atoms with van der Waals surface area (Å²) in [6.07, 6.45) is -4.91. The molecule has 0 fully saturated rings. The third-order valence-electron chi connectivity index (χ3n) is 2.90. The van der Waals surface area contributed by atoms with Crippen molar-refractivity contribution >= 4 is 5.78 Å². The van der Waals surface area contributed by atoms with Crippen molar-refractivity contribution in [2.45, 2.75) is 19.7 Å². The summed E-state index contributed by atoms with van der Waals surface area (Å²) in [5.74, 6) is -1.97. The molecule has 0 aliphatic rings. The van der Waals surface area contributed by atoms with E-state index in [0.29, 0.717) is 0 Å². The second-order valence-electron chi connectivity index (χ2n) is 4.60. The molecule has 5 heteroatoms. The molecule has 0 N–H and O–H groups in total. The summed E-state index contributed by atoms with van der Waals surface area (Å²) >= 11 is 0. The van der Waals surface area contributed by atoms with Gasteiger partial charge in [0.25, 0.3) is 5.78 Å². The van der Waals surface area contributed by atoms with Gasteiger partial charge in [0.15, 0.2) is 0 Å². The lowest BCUT2D eigenvalue weighted by molar-refractivity contribution is -0.0886. The van der Waals surface area contributed by atoms with Crippen LogP contribution in [0.2, 0.25) is 0 Å². The van der Waals surface area contributed by atoms with E-state index in [1.165, 1.54) is 18.2 Å². The van der Waals surface area contributed by atoms with E-state index in [4.69, 9.17) is 4.74 Å². The number of carbonyl (C=O) groups excluding carboxylic acids is 1. The Balaban J connectivity index is 2.17. The molecule has 0 heterocycles. The van der Waals surface area contributed by atoms with Crippen molar-refractivity contribution in [3.05, 3.63) is 65.2 Å². The first kappa shape index (κ1) is 15.1. The quantitative estimate of drug-likeness (QED) is 0.785. The fraction of sp³-hybridized carbons (Fsp3) is 0.188. The number of hydrogen-bond acceptors (Lipinski definition) is 2. The van der Waals surface area contributed by atoms with Crippen LogP contribution in [0.15, 0.2) is 48.5 Å². The van der Waals surface area contributed by atoms with E-state index in [1.54, 1.807) is 0 Å². The summed E-state index contributed by atoms with van der Waals surface area (Å²) in [5, 5.41) is 0. The van der Waals surface area contributed by atoms with E-state index in [2.05, 4.69) is 0 Å². The van der Waals surface area contributed by atoms with Gasteiger partial charge in [0, 0.05) is 0 Å². The van der Waals surface area contributed by atoms with Crippen LogP contribution in [0.5, 0.6) is 5.75 Å². The number of alkyl halides is 3. The number of Topliss-reactive ketones (excluding diaryl/α,β-unsaturated/α-hetero) is 1. The highest BCUT2D eigenvalue weighted by atomic mass is 19.4. The van der Waals surface area contributed by atoms with Crippen molar-refractivity contribution < 1.29 is 22.7 Å². The fourth-order valence-corrected chi connectivity index (χ4v) is 1.78. The summed E-state index contributed by atoms with van der Waals surface area (Å²) in [5.41, 5.74) is 1.42. The molecule has 2 rings (SSSR count). The van der Waals surface area contributed by atoms with Gasteiger partial charge in [-0.25, -0.2) is 0 Å². The maximum Gasteiger partial charge on any atom is 0.455 e. The van der Waals surface area contributed by atoms with Gasteiger partial charge in [0.2, 0.25) is 0 Å². The van der Waals surface area contributed by atoms with E-state index in [-0.39, 0.29) is 12.4 Å². The van der Waals surface area contributed by atoms with Gasteiger partial charge in [0.1, 0.15) is 12.4 Å². The molecular formula is C16H13F3O2. The van der Waals surface area contributed by atoms with Crippen molar-refractivity contribution in [3.8, 4) is 5.75 Å². The first-order valence-corrected chi connectivity index (χ1v) is 6.27. The van der Waals surface area contributed by atoms with Crippen LogP contribution in [0.1, 0.15) is 21.5 Å². The van der Waals surface area contributed by atoms with Gasteiger partial charge in [-0.3, -0.25) is 4.79 Å². The topological polar surface area (TPSA) is 26.3 Å². The van der Waals surface area contributed by atoms with Gasteiger partial charge in [-0.05, 0) is 24.6 Å². The monoisotopic (exact) mass is 294 g/mol. The van der Waals surface area contributed by atoms with Gasteiger partial charge in [0.05, 0.1) is 5.56 Å². The van der Waals surface area contributed by atoms with E-state index in [9.17, 15) is 18.0 Å². The van der Waals surface area contributed by atoms with Crippen molar-refractivity contribution in [2.24, 2.45) is 0 Å². The molecule has 0 aromatic heterocycles. The highest BCUT2D eigenvalue weighted by molar-refractivity contribution is 6.02. The minimum Gasteiger partial charge on any atom is -0.488 e. The molecule has 21 heavy (non-hydrogen) atoms. The maximum atomic E-state index is 12.5. The molecule has 0 saturated carbocycles. The molecule has 0 saturated heterocycles. The smallest absolute Gasteiger partial charge is 0.455 e. The molecule has 110 valence electrons. The summed E-state index contributed by atoms with van der Waals surface area (Å²) < 4.78 is 42.9. The van der Waals surface area contributed by atoms with E-state index >= 15 is 0 Å². The summed E-state index contributed by atoms with van der Waals surface area (Å²) in [6.45, 7) is 2.03. The Morgan fingerprint density at radius 2 is 1.67 bits per heavy atom. The predicted octanol–water partition coefficient (Wildman–Crippen LogP) is 4.32. The highest BCUT2D eigenvalue weighted by Crippen LogP contribution is 2.28. The van der Waals surface area contributed by atoms with Crippen LogP contribution in [0, 0.1) is 6.92 Å². The molecule has 2 nitrogen and oxygen atoms in total. The molecule has 0 aliphatic heterocycles. The molecule has 0 bridgehead atoms. The van der Waals surface area contributed by atoms with Crippen LogP contribution in [0.4, 0.5) is 13.2 Å². The Kier molecular flexibility index (Phi) is 4.31. The number of halogens is 3. The van der Waals surface area contributed by atoms with Gasteiger partial charge in [-0.15, -0.1) is 0 Å². The number of hydrogen-bond donors (Lipinski definition) is 0. The lowest BCUT2D eigenvalue weighted by atomic mass is 10.1. The second-order valence-corrected chi connectivity index (χ2v) is 4.60. The number of para-hydroxylation sites is 1. The summed E-state index contributed by atoms with van der Waals surface area (Å²) in [7, 11) is 0. The highest BCUT2D eigenvalue weighted by Gasteiger charge is 2.40. The minimum atomic E-state index is -4.91. The van der Waals surface area contributed by atoms with Gasteiger partial charge < -0.3 is 4.74 Å². The lowest BCUT2D eigenvalue weighted by Gasteiger charge is -2.12. The molecule has 0 spiro atoms. The molecule has 0 atom stereocenters. The van der Waals surface area contributed by atoms with Gasteiger partial charge in [-0.2, -0.15) is 13.2 Å². The minimum absolute atomic E-state index is 0.0691. The van der Waals surface area contributed by atoms with E-state index < -0.39 is 17.5 Å². The Hall–Kier alpha value is -2.30. The van der Waals surface area contributed by atoms with E-state index in [1.807, 2.05) is 31.2 Å². The third-order valence-corrected chi connectivity index (χ3v) is 2.90. The molecule has 0 unspecified atom stereocenters. The van der Waals surface area contributed by atoms with Crippen LogP contribution in [0.3, 0.4) is 0 Å². The average molecular weight is 294 g/mol. The lowest BCUT2D eigenvalue weighted by Crippen LogP contribution is -2.23. The SMILES string of the molecule is Cc1ccc(COc2ccccc2C(=O)C(F)(F)F)cc1. The molecule has 0 aliphatic carbocycles. The van der Waals surface area contributed by atoms with Crippen molar-refractivity contribution in [2.75, 3.05) is 0 Å². The zero-order chi connectivity index (χ0) is 15.5. The zero-order valence-electron chi connectivity index (χ0n) is 11.3. The number of ketones is 1. The second kappa shape index (κ2) is 5.99. The van der Waals surface area contributed by atoms with Gasteiger partial charge in [-0.1, -0.05) is 42.0 Å². The van der Waals surface area contributed by atoms with Crippen molar-refractivity contribution in [1.29, 1.82) is 0 Å². The zero-order valence-corrected chi connectivity index (χ0v) is 11.3. The van der Waals surface area contributed by atoms with Crippen molar-refractivity contribution in [1.82, 2.24) is 0 Å². The molecule has 2 aromatic rings. The Morgan fingerprint density at radius 3 is 2.29 bits per heavy atom. The fourth-order valence-electron chi connectivity index (χ4n) is 1.78. The largest absolute Gasteiger partial charge is 0.488 e. The molecular weight excluding hydrogens is 281 g/mol. The van der Waals surface area contributed by atoms with Crippen LogP contribution in [0.25, 0.3) is 0 Å². The summed E-state index contributed by atoms with van der Waals surface area (Å²) in [4.78, 5) is 11.3. The number of ether oxygens (including phenoxy) is 1. The third kappa shape index (κ3) is 3.84. The number of rotatable bonds is 4. The number of benzene rings is 2. The Bertz CT molecular complexity index is 631. The number of aryl methyl sites for hydroxylation is 1. The van der Waals surface area contributed by atoms with E-state index in [0.717, 1.165) is 17.2 Å². The molecule has 0 radical (unpaired) electrons. The van der Waals surface area contributed by atoms with Crippen LogP contribution < -0.4 is 4.74 Å². The number of carbonyl (C=O) groups is 1. The Morgan fingerprint density at radius 1 is 1.05 bits per heavy atom. The van der Waals surface area contributed by atoms with Gasteiger partial charge >= 0.3 is 6.18 Å². The van der Waals surface area contributed by atoms with Crippen LogP contribution in [-0.2, 0) is 6.61 Å². The average Bonchev–Trinajstić information content (AvgIpc) is 2.45. The first-order chi connectivity index (χ1) is 9.88. The predicted molar refractivity (Wildman–Crippen MR) is 72.3 cm³/mol. The molecule has 2 aromatic carbocycles. The van der Waals surface area contributed by atoms with Crippen molar-refractivity contribution in [3.63, 3.8) is 0 Å². The normalized spacial score (nSPS) is 11.2. The maximum absolute atomic E-state index is 12.5. The Labute approximate surface area is 120 Å². The molecule has 0 amide bonds. The van der Waals surface area contributed by atoms with Crippen LogP contribution in [-0.4, -0.2) is 12.0 Å².